The largest absolute Gasteiger partial charge is 0.191 e. The van der Waals surface area contributed by atoms with Crippen LogP contribution in [-0.2, 0) is 0 Å². The van der Waals surface area contributed by atoms with Crippen LogP contribution in [0.5, 0.6) is 0 Å². The summed E-state index contributed by atoms with van der Waals surface area (Å²) in [4.78, 5) is 0. The maximum atomic E-state index is 8.49. The Morgan fingerprint density at radius 3 is 2.70 bits per heavy atom. The van der Waals surface area contributed by atoms with E-state index in [-0.39, 0.29) is 0 Å². The molecule has 0 saturated heterocycles. The standard InChI is InChI=1S/C7H7N3/c1-5-4-9-10-7(3-8)6(5)2/h4H,1-2H3. The van der Waals surface area contributed by atoms with Gasteiger partial charge in [-0.05, 0) is 25.0 Å². The van der Waals surface area contributed by atoms with Gasteiger partial charge in [0.05, 0.1) is 6.20 Å². The average Bonchev–Trinajstić information content (AvgIpc) is 1.95. The number of rotatable bonds is 0. The maximum absolute atomic E-state index is 8.49. The molecule has 1 aromatic rings. The van der Waals surface area contributed by atoms with E-state index in [2.05, 4.69) is 10.2 Å². The fourth-order valence-corrected chi connectivity index (χ4v) is 0.638. The minimum absolute atomic E-state index is 0.417. The van der Waals surface area contributed by atoms with E-state index < -0.39 is 0 Å². The summed E-state index contributed by atoms with van der Waals surface area (Å²) in [6.45, 7) is 3.77. The molecule has 0 saturated carbocycles. The zero-order chi connectivity index (χ0) is 7.56. The van der Waals surface area contributed by atoms with Crippen LogP contribution in [0, 0.1) is 25.2 Å². The topological polar surface area (TPSA) is 49.6 Å². The number of aryl methyl sites for hydroxylation is 1. The highest BCUT2D eigenvalue weighted by Crippen LogP contribution is 2.05. The van der Waals surface area contributed by atoms with Crippen LogP contribution in [0.1, 0.15) is 16.8 Å². The molecule has 0 amide bonds. The van der Waals surface area contributed by atoms with Gasteiger partial charge >= 0.3 is 0 Å². The maximum Gasteiger partial charge on any atom is 0.166 e. The van der Waals surface area contributed by atoms with Crippen molar-refractivity contribution in [3.63, 3.8) is 0 Å². The lowest BCUT2D eigenvalue weighted by Crippen LogP contribution is -1.93. The number of hydrogen-bond donors (Lipinski definition) is 0. The Balaban J connectivity index is 3.31. The van der Waals surface area contributed by atoms with Crippen LogP contribution in [0.3, 0.4) is 0 Å². The van der Waals surface area contributed by atoms with Gasteiger partial charge in [0.1, 0.15) is 6.07 Å². The Hall–Kier alpha value is -1.43. The van der Waals surface area contributed by atoms with Crippen LogP contribution < -0.4 is 0 Å². The summed E-state index contributed by atoms with van der Waals surface area (Å²) in [7, 11) is 0. The quantitative estimate of drug-likeness (QED) is 0.529. The van der Waals surface area contributed by atoms with E-state index in [0.717, 1.165) is 11.1 Å². The second-order valence-electron chi connectivity index (χ2n) is 2.11. The molecule has 3 nitrogen and oxygen atoms in total. The van der Waals surface area contributed by atoms with Gasteiger partial charge < -0.3 is 0 Å². The van der Waals surface area contributed by atoms with Gasteiger partial charge in [-0.15, -0.1) is 5.10 Å². The Labute approximate surface area is 59.3 Å². The van der Waals surface area contributed by atoms with Crippen molar-refractivity contribution in [2.24, 2.45) is 0 Å². The van der Waals surface area contributed by atoms with Gasteiger partial charge in [0.25, 0.3) is 0 Å². The summed E-state index contributed by atoms with van der Waals surface area (Å²) >= 11 is 0. The molecule has 0 fully saturated rings. The monoisotopic (exact) mass is 133 g/mol. The fraction of sp³-hybridized carbons (Fsp3) is 0.286. The van der Waals surface area contributed by atoms with Crippen LogP contribution >= 0.6 is 0 Å². The van der Waals surface area contributed by atoms with Crippen molar-refractivity contribution in [1.29, 1.82) is 5.26 Å². The summed E-state index contributed by atoms with van der Waals surface area (Å²) in [6.07, 6.45) is 1.65. The predicted octanol–water partition coefficient (Wildman–Crippen LogP) is 0.965. The molecule has 1 rings (SSSR count). The minimum Gasteiger partial charge on any atom is -0.191 e. The van der Waals surface area contributed by atoms with Crippen LogP contribution in [0.15, 0.2) is 6.20 Å². The molecule has 3 heteroatoms. The molecule has 0 atom stereocenters. The van der Waals surface area contributed by atoms with Crippen LogP contribution in [0.2, 0.25) is 0 Å². The van der Waals surface area contributed by atoms with E-state index in [1.54, 1.807) is 6.20 Å². The van der Waals surface area contributed by atoms with Crippen molar-refractivity contribution in [3.05, 3.63) is 23.0 Å². The number of aromatic nitrogens is 2. The van der Waals surface area contributed by atoms with Gasteiger partial charge in [-0.1, -0.05) is 0 Å². The zero-order valence-corrected chi connectivity index (χ0v) is 5.92. The minimum atomic E-state index is 0.417. The first kappa shape index (κ1) is 6.69. The summed E-state index contributed by atoms with van der Waals surface area (Å²) < 4.78 is 0. The van der Waals surface area contributed by atoms with Gasteiger partial charge in [0.15, 0.2) is 5.69 Å². The van der Waals surface area contributed by atoms with Gasteiger partial charge in [-0.3, -0.25) is 0 Å². The molecule has 0 spiro atoms. The molecule has 0 bridgehead atoms. The van der Waals surface area contributed by atoms with E-state index in [1.165, 1.54) is 0 Å². The molecule has 1 heterocycles. The molecule has 0 aliphatic heterocycles. The first-order valence-corrected chi connectivity index (χ1v) is 2.94. The second kappa shape index (κ2) is 2.44. The molecule has 50 valence electrons. The molecule has 10 heavy (non-hydrogen) atoms. The Kier molecular flexibility index (Phi) is 1.63. The third-order valence-corrected chi connectivity index (χ3v) is 1.46. The van der Waals surface area contributed by atoms with E-state index in [4.69, 9.17) is 5.26 Å². The zero-order valence-electron chi connectivity index (χ0n) is 5.92. The number of nitrogens with zero attached hydrogens (tertiary/aromatic N) is 3. The van der Waals surface area contributed by atoms with Crippen molar-refractivity contribution in [3.8, 4) is 6.07 Å². The van der Waals surface area contributed by atoms with Crippen molar-refractivity contribution in [1.82, 2.24) is 10.2 Å². The fourth-order valence-electron chi connectivity index (χ4n) is 0.638. The molecule has 0 unspecified atom stereocenters. The van der Waals surface area contributed by atoms with E-state index >= 15 is 0 Å². The highest BCUT2D eigenvalue weighted by molar-refractivity contribution is 5.32. The van der Waals surface area contributed by atoms with Crippen molar-refractivity contribution < 1.29 is 0 Å². The van der Waals surface area contributed by atoms with E-state index in [9.17, 15) is 0 Å². The van der Waals surface area contributed by atoms with E-state index in [0.29, 0.717) is 5.69 Å². The highest BCUT2D eigenvalue weighted by Gasteiger charge is 1.99. The number of hydrogen-bond acceptors (Lipinski definition) is 3. The summed E-state index contributed by atoms with van der Waals surface area (Å²) in [5.74, 6) is 0. The SMILES string of the molecule is Cc1cnnc(C#N)c1C. The third-order valence-electron chi connectivity index (χ3n) is 1.46. The summed E-state index contributed by atoms with van der Waals surface area (Å²) in [5.41, 5.74) is 2.34. The third kappa shape index (κ3) is 0.960. The van der Waals surface area contributed by atoms with Crippen LogP contribution in [0.4, 0.5) is 0 Å². The van der Waals surface area contributed by atoms with Gasteiger partial charge in [-0.25, -0.2) is 0 Å². The molecule has 0 N–H and O–H groups in total. The smallest absolute Gasteiger partial charge is 0.166 e. The van der Waals surface area contributed by atoms with Gasteiger partial charge in [-0.2, -0.15) is 10.4 Å². The lowest BCUT2D eigenvalue weighted by Gasteiger charge is -1.96. The molecule has 0 aliphatic carbocycles. The van der Waals surface area contributed by atoms with Crippen LogP contribution in [0.25, 0.3) is 0 Å². The molecule has 0 radical (unpaired) electrons. The summed E-state index contributed by atoms with van der Waals surface area (Å²) in [6, 6.07) is 1.96. The second-order valence-corrected chi connectivity index (χ2v) is 2.11. The van der Waals surface area contributed by atoms with Crippen molar-refractivity contribution >= 4 is 0 Å². The first-order chi connectivity index (χ1) is 4.75. The van der Waals surface area contributed by atoms with Gasteiger partial charge in [0.2, 0.25) is 0 Å². The lowest BCUT2D eigenvalue weighted by molar-refractivity contribution is 0.973. The first-order valence-electron chi connectivity index (χ1n) is 2.94. The molecule has 1 aromatic heterocycles. The van der Waals surface area contributed by atoms with Gasteiger partial charge in [0, 0.05) is 0 Å². The molecule has 0 aliphatic rings. The molecular weight excluding hydrogens is 126 g/mol. The Bertz CT molecular complexity index is 285. The van der Waals surface area contributed by atoms with Crippen LogP contribution in [-0.4, -0.2) is 10.2 Å². The Morgan fingerprint density at radius 2 is 2.20 bits per heavy atom. The average molecular weight is 133 g/mol. The molecular formula is C7H7N3. The normalized spacial score (nSPS) is 8.90. The number of nitriles is 1. The van der Waals surface area contributed by atoms with Crippen molar-refractivity contribution in [2.75, 3.05) is 0 Å². The van der Waals surface area contributed by atoms with Crippen molar-refractivity contribution in [2.45, 2.75) is 13.8 Å². The molecule has 0 aromatic carbocycles. The summed E-state index contributed by atoms with van der Waals surface area (Å²) in [5, 5.41) is 15.8. The highest BCUT2D eigenvalue weighted by atomic mass is 15.1. The Morgan fingerprint density at radius 1 is 1.50 bits per heavy atom. The lowest BCUT2D eigenvalue weighted by atomic mass is 10.1. The van der Waals surface area contributed by atoms with E-state index in [1.807, 2.05) is 19.9 Å². The predicted molar refractivity (Wildman–Crippen MR) is 36.2 cm³/mol.